The van der Waals surface area contributed by atoms with Crippen LogP contribution in [0.3, 0.4) is 0 Å². The van der Waals surface area contributed by atoms with Gasteiger partial charge in [-0.05, 0) is 54.6 Å². The SMILES string of the molecule is c1ccc(-c2cc(-c3ccccc3)nc(-n3ccnc3-c3ccc(N(c4ccccc4)c4ccccc4)cc3)n2)cc1. The number of rotatable bonds is 7. The van der Waals surface area contributed by atoms with Crippen molar-refractivity contribution in [2.45, 2.75) is 0 Å². The number of anilines is 3. The van der Waals surface area contributed by atoms with Crippen molar-refractivity contribution >= 4 is 17.1 Å². The van der Waals surface area contributed by atoms with E-state index in [2.05, 4.69) is 102 Å². The molecule has 5 aromatic carbocycles. The van der Waals surface area contributed by atoms with Crippen LogP contribution in [-0.4, -0.2) is 19.5 Å². The van der Waals surface area contributed by atoms with Crippen LogP contribution in [-0.2, 0) is 0 Å². The molecule has 2 heterocycles. The molecule has 0 saturated heterocycles. The molecule has 2 aromatic heterocycles. The zero-order valence-electron chi connectivity index (χ0n) is 22.8. The molecule has 0 aliphatic rings. The molecular formula is C37H27N5. The van der Waals surface area contributed by atoms with Crippen LogP contribution in [0.2, 0.25) is 0 Å². The lowest BCUT2D eigenvalue weighted by atomic mass is 10.1. The third-order valence-electron chi connectivity index (χ3n) is 7.12. The maximum atomic E-state index is 4.99. The zero-order valence-corrected chi connectivity index (χ0v) is 22.8. The fourth-order valence-corrected chi connectivity index (χ4v) is 5.10. The minimum absolute atomic E-state index is 0.571. The van der Waals surface area contributed by atoms with E-state index in [0.717, 1.165) is 51.0 Å². The average molecular weight is 542 g/mol. The first-order valence-electron chi connectivity index (χ1n) is 13.9. The molecule has 0 fully saturated rings. The summed E-state index contributed by atoms with van der Waals surface area (Å²) in [7, 11) is 0. The fraction of sp³-hybridized carbons (Fsp3) is 0. The molecule has 0 unspecified atom stereocenters. The van der Waals surface area contributed by atoms with Gasteiger partial charge in [0.2, 0.25) is 5.95 Å². The lowest BCUT2D eigenvalue weighted by Gasteiger charge is -2.25. The lowest BCUT2D eigenvalue weighted by Crippen LogP contribution is -2.09. The normalized spacial score (nSPS) is 10.9. The molecule has 5 heteroatoms. The topological polar surface area (TPSA) is 46.8 Å². The summed E-state index contributed by atoms with van der Waals surface area (Å²) in [5, 5.41) is 0. The Morgan fingerprint density at radius 1 is 0.452 bits per heavy atom. The first kappa shape index (κ1) is 25.2. The Morgan fingerprint density at radius 3 is 1.40 bits per heavy atom. The molecule has 0 bridgehead atoms. The van der Waals surface area contributed by atoms with E-state index < -0.39 is 0 Å². The van der Waals surface area contributed by atoms with E-state index >= 15 is 0 Å². The van der Waals surface area contributed by atoms with Crippen LogP contribution >= 0.6 is 0 Å². The van der Waals surface area contributed by atoms with Crippen molar-refractivity contribution in [2.75, 3.05) is 4.90 Å². The minimum Gasteiger partial charge on any atom is -0.311 e. The van der Waals surface area contributed by atoms with Crippen molar-refractivity contribution in [3.63, 3.8) is 0 Å². The van der Waals surface area contributed by atoms with Crippen molar-refractivity contribution in [1.82, 2.24) is 19.5 Å². The van der Waals surface area contributed by atoms with E-state index in [4.69, 9.17) is 15.0 Å². The zero-order chi connectivity index (χ0) is 28.1. The van der Waals surface area contributed by atoms with Crippen LogP contribution in [0.15, 0.2) is 164 Å². The van der Waals surface area contributed by atoms with Gasteiger partial charge in [0.1, 0.15) is 5.82 Å². The van der Waals surface area contributed by atoms with Crippen LogP contribution in [0.4, 0.5) is 17.1 Å². The van der Waals surface area contributed by atoms with Crippen molar-refractivity contribution in [3.8, 4) is 39.9 Å². The highest BCUT2D eigenvalue weighted by molar-refractivity contribution is 5.78. The summed E-state index contributed by atoms with van der Waals surface area (Å²) in [6.07, 6.45) is 3.71. The molecule has 0 spiro atoms. The van der Waals surface area contributed by atoms with Crippen LogP contribution < -0.4 is 4.90 Å². The van der Waals surface area contributed by atoms with E-state index in [-0.39, 0.29) is 0 Å². The maximum Gasteiger partial charge on any atom is 0.236 e. The second-order valence-corrected chi connectivity index (χ2v) is 9.84. The highest BCUT2D eigenvalue weighted by Crippen LogP contribution is 2.35. The molecule has 0 saturated carbocycles. The Bertz CT molecular complexity index is 1800. The lowest BCUT2D eigenvalue weighted by molar-refractivity contribution is 0.939. The molecular weight excluding hydrogens is 514 g/mol. The second kappa shape index (κ2) is 11.4. The summed E-state index contributed by atoms with van der Waals surface area (Å²) in [4.78, 5) is 16.9. The number of hydrogen-bond acceptors (Lipinski definition) is 4. The maximum absolute atomic E-state index is 4.99. The summed E-state index contributed by atoms with van der Waals surface area (Å²) < 4.78 is 1.96. The molecule has 7 aromatic rings. The van der Waals surface area contributed by atoms with E-state index in [1.165, 1.54) is 0 Å². The summed E-state index contributed by atoms with van der Waals surface area (Å²) in [6, 6.07) is 51.7. The van der Waals surface area contributed by atoms with E-state index in [9.17, 15) is 0 Å². The van der Waals surface area contributed by atoms with Crippen LogP contribution in [0, 0.1) is 0 Å². The summed E-state index contributed by atoms with van der Waals surface area (Å²) in [6.45, 7) is 0. The number of benzene rings is 5. The monoisotopic (exact) mass is 541 g/mol. The second-order valence-electron chi connectivity index (χ2n) is 9.84. The molecule has 5 nitrogen and oxygen atoms in total. The van der Waals surface area contributed by atoms with Gasteiger partial charge in [0.15, 0.2) is 0 Å². The highest BCUT2D eigenvalue weighted by Gasteiger charge is 2.16. The van der Waals surface area contributed by atoms with E-state index in [1.807, 2.05) is 65.4 Å². The first-order valence-corrected chi connectivity index (χ1v) is 13.9. The minimum atomic E-state index is 0.571. The Balaban J connectivity index is 1.29. The molecule has 0 amide bonds. The predicted octanol–water partition coefficient (Wildman–Crippen LogP) is 9.13. The Morgan fingerprint density at radius 2 is 0.905 bits per heavy atom. The Hall–Kier alpha value is -5.81. The van der Waals surface area contributed by atoms with Gasteiger partial charge in [-0.2, -0.15) is 0 Å². The summed E-state index contributed by atoms with van der Waals surface area (Å²) >= 11 is 0. The van der Waals surface area contributed by atoms with Gasteiger partial charge in [-0.3, -0.25) is 4.57 Å². The standard InChI is InChI=1S/C37H27N5/c1-5-13-28(14-6-1)34-27-35(29-15-7-2-8-16-29)40-37(39-34)41-26-25-38-36(41)30-21-23-33(24-22-30)42(31-17-9-3-10-18-31)32-19-11-4-12-20-32/h1-27H. The van der Waals surface area contributed by atoms with Gasteiger partial charge in [0.25, 0.3) is 0 Å². The Labute approximate surface area is 245 Å². The van der Waals surface area contributed by atoms with Gasteiger partial charge < -0.3 is 4.90 Å². The molecule has 0 aliphatic carbocycles. The summed E-state index contributed by atoms with van der Waals surface area (Å²) in [5.74, 6) is 1.35. The van der Waals surface area contributed by atoms with Crippen LogP contribution in [0.5, 0.6) is 0 Å². The van der Waals surface area contributed by atoms with Gasteiger partial charge in [0.05, 0.1) is 11.4 Å². The number of imidazole rings is 1. The van der Waals surface area contributed by atoms with Crippen molar-refractivity contribution < 1.29 is 0 Å². The van der Waals surface area contributed by atoms with Crippen LogP contribution in [0.25, 0.3) is 39.9 Å². The average Bonchev–Trinajstić information content (AvgIpc) is 3.57. The number of nitrogens with zero attached hydrogens (tertiary/aromatic N) is 5. The third kappa shape index (κ3) is 5.07. The summed E-state index contributed by atoms with van der Waals surface area (Å²) in [5.41, 5.74) is 8.00. The van der Waals surface area contributed by atoms with Gasteiger partial charge in [-0.15, -0.1) is 0 Å². The fourth-order valence-electron chi connectivity index (χ4n) is 5.10. The molecule has 0 N–H and O–H groups in total. The quantitative estimate of drug-likeness (QED) is 0.202. The molecule has 42 heavy (non-hydrogen) atoms. The van der Waals surface area contributed by atoms with Gasteiger partial charge >= 0.3 is 0 Å². The van der Waals surface area contributed by atoms with Crippen LogP contribution in [0.1, 0.15) is 0 Å². The number of aromatic nitrogens is 4. The van der Waals surface area contributed by atoms with Gasteiger partial charge in [-0.1, -0.05) is 97.1 Å². The van der Waals surface area contributed by atoms with E-state index in [0.29, 0.717) is 5.95 Å². The van der Waals surface area contributed by atoms with Gasteiger partial charge in [0, 0.05) is 46.1 Å². The smallest absolute Gasteiger partial charge is 0.236 e. The van der Waals surface area contributed by atoms with Crippen molar-refractivity contribution in [1.29, 1.82) is 0 Å². The number of para-hydroxylation sites is 2. The Kier molecular flexibility index (Phi) is 6.81. The molecule has 7 rings (SSSR count). The van der Waals surface area contributed by atoms with Crippen molar-refractivity contribution in [3.05, 3.63) is 164 Å². The third-order valence-corrected chi connectivity index (χ3v) is 7.12. The largest absolute Gasteiger partial charge is 0.311 e. The molecule has 200 valence electrons. The number of hydrogen-bond donors (Lipinski definition) is 0. The van der Waals surface area contributed by atoms with E-state index in [1.54, 1.807) is 6.20 Å². The first-order chi connectivity index (χ1) is 20.8. The molecule has 0 radical (unpaired) electrons. The molecule has 0 aliphatic heterocycles. The molecule has 0 atom stereocenters. The predicted molar refractivity (Wildman–Crippen MR) is 170 cm³/mol. The highest BCUT2D eigenvalue weighted by atomic mass is 15.2. The van der Waals surface area contributed by atoms with Gasteiger partial charge in [-0.25, -0.2) is 15.0 Å². The van der Waals surface area contributed by atoms with Crippen molar-refractivity contribution in [2.24, 2.45) is 0 Å².